The van der Waals surface area contributed by atoms with Gasteiger partial charge in [-0.3, -0.25) is 0 Å². The van der Waals surface area contributed by atoms with Crippen LogP contribution in [0.1, 0.15) is 37.8 Å². The molecule has 0 amide bonds. The molecule has 1 unspecified atom stereocenters. The standard InChI is InChI=1S/C14H18/c1-11-6-4-8-13(10-11)14(3)9-5-7-12(14)2/h4,6-8,10H,5,9H2,1-3H3. The number of benzene rings is 1. The third kappa shape index (κ3) is 1.39. The van der Waals surface area contributed by atoms with Crippen molar-refractivity contribution in [1.82, 2.24) is 0 Å². The first-order valence-corrected chi connectivity index (χ1v) is 5.37. The summed E-state index contributed by atoms with van der Waals surface area (Å²) in [5, 5.41) is 0. The molecule has 0 aromatic heterocycles. The molecular formula is C14H18. The Bertz CT molecular complexity index is 373. The maximum absolute atomic E-state index is 2.38. The van der Waals surface area contributed by atoms with Crippen LogP contribution in [0.5, 0.6) is 0 Å². The second kappa shape index (κ2) is 3.27. The molecule has 0 radical (unpaired) electrons. The van der Waals surface area contributed by atoms with Gasteiger partial charge >= 0.3 is 0 Å². The molecule has 0 saturated carbocycles. The van der Waals surface area contributed by atoms with Gasteiger partial charge in [0.2, 0.25) is 0 Å². The lowest BCUT2D eigenvalue weighted by atomic mass is 9.77. The average Bonchev–Trinajstić information content (AvgIpc) is 2.49. The summed E-state index contributed by atoms with van der Waals surface area (Å²) < 4.78 is 0. The van der Waals surface area contributed by atoms with Crippen LogP contribution < -0.4 is 0 Å². The van der Waals surface area contributed by atoms with Gasteiger partial charge in [-0.1, -0.05) is 48.4 Å². The van der Waals surface area contributed by atoms with Crippen molar-refractivity contribution < 1.29 is 0 Å². The summed E-state index contributed by atoms with van der Waals surface area (Å²) in [6.45, 7) is 6.79. The highest BCUT2D eigenvalue weighted by Crippen LogP contribution is 2.41. The first kappa shape index (κ1) is 9.51. The lowest BCUT2D eigenvalue weighted by Gasteiger charge is -2.27. The maximum Gasteiger partial charge on any atom is 0.0134 e. The van der Waals surface area contributed by atoms with Crippen LogP contribution in [0.15, 0.2) is 35.9 Å². The van der Waals surface area contributed by atoms with Crippen LogP contribution in [0.2, 0.25) is 0 Å². The van der Waals surface area contributed by atoms with Gasteiger partial charge in [0.1, 0.15) is 0 Å². The fourth-order valence-electron chi connectivity index (χ4n) is 2.36. The highest BCUT2D eigenvalue weighted by Gasteiger charge is 2.31. The van der Waals surface area contributed by atoms with Crippen LogP contribution in [-0.2, 0) is 5.41 Å². The predicted octanol–water partition coefficient (Wildman–Crippen LogP) is 3.99. The van der Waals surface area contributed by atoms with E-state index in [0.29, 0.717) is 5.41 Å². The molecule has 1 aromatic carbocycles. The molecule has 0 saturated heterocycles. The number of aryl methyl sites for hydroxylation is 1. The summed E-state index contributed by atoms with van der Waals surface area (Å²) in [4.78, 5) is 0. The largest absolute Gasteiger partial charge is 0.0847 e. The van der Waals surface area contributed by atoms with E-state index in [4.69, 9.17) is 0 Å². The summed E-state index contributed by atoms with van der Waals surface area (Å²) in [5.74, 6) is 0. The second-order valence-corrected chi connectivity index (χ2v) is 4.63. The van der Waals surface area contributed by atoms with Gasteiger partial charge in [-0.05, 0) is 32.3 Å². The molecule has 0 N–H and O–H groups in total. The third-order valence-electron chi connectivity index (χ3n) is 3.62. The zero-order chi connectivity index (χ0) is 10.2. The van der Waals surface area contributed by atoms with Gasteiger partial charge in [0.25, 0.3) is 0 Å². The molecule has 74 valence electrons. The van der Waals surface area contributed by atoms with Gasteiger partial charge in [0.05, 0.1) is 0 Å². The van der Waals surface area contributed by atoms with E-state index < -0.39 is 0 Å². The van der Waals surface area contributed by atoms with Crippen molar-refractivity contribution in [3.63, 3.8) is 0 Å². The minimum absolute atomic E-state index is 0.298. The molecule has 0 fully saturated rings. The van der Waals surface area contributed by atoms with E-state index in [2.05, 4.69) is 51.1 Å². The van der Waals surface area contributed by atoms with E-state index in [-0.39, 0.29) is 0 Å². The van der Waals surface area contributed by atoms with Crippen LogP contribution in [0.25, 0.3) is 0 Å². The van der Waals surface area contributed by atoms with Crippen LogP contribution in [0, 0.1) is 6.92 Å². The van der Waals surface area contributed by atoms with Crippen LogP contribution in [0.4, 0.5) is 0 Å². The Kier molecular flexibility index (Phi) is 2.22. The van der Waals surface area contributed by atoms with Gasteiger partial charge in [0.15, 0.2) is 0 Å². The molecule has 1 aromatic rings. The Morgan fingerprint density at radius 1 is 1.21 bits per heavy atom. The first-order valence-electron chi connectivity index (χ1n) is 5.37. The Labute approximate surface area is 86.7 Å². The van der Waals surface area contributed by atoms with Gasteiger partial charge in [-0.2, -0.15) is 0 Å². The summed E-state index contributed by atoms with van der Waals surface area (Å²) in [7, 11) is 0. The molecular weight excluding hydrogens is 168 g/mol. The second-order valence-electron chi connectivity index (χ2n) is 4.63. The van der Waals surface area contributed by atoms with Crippen molar-refractivity contribution in [2.24, 2.45) is 0 Å². The lowest BCUT2D eigenvalue weighted by molar-refractivity contribution is 0.550. The highest BCUT2D eigenvalue weighted by atomic mass is 14.3. The van der Waals surface area contributed by atoms with Crippen molar-refractivity contribution in [1.29, 1.82) is 0 Å². The van der Waals surface area contributed by atoms with Crippen molar-refractivity contribution in [2.45, 2.75) is 39.0 Å². The van der Waals surface area contributed by atoms with Gasteiger partial charge in [-0.15, -0.1) is 0 Å². The zero-order valence-electron chi connectivity index (χ0n) is 9.30. The van der Waals surface area contributed by atoms with E-state index >= 15 is 0 Å². The van der Waals surface area contributed by atoms with Crippen LogP contribution in [-0.4, -0.2) is 0 Å². The lowest BCUT2D eigenvalue weighted by Crippen LogP contribution is -2.19. The highest BCUT2D eigenvalue weighted by molar-refractivity contribution is 5.39. The average molecular weight is 186 g/mol. The summed E-state index contributed by atoms with van der Waals surface area (Å²) in [5.41, 5.74) is 4.67. The Balaban J connectivity index is 2.44. The predicted molar refractivity (Wildman–Crippen MR) is 61.5 cm³/mol. The third-order valence-corrected chi connectivity index (χ3v) is 3.62. The van der Waals surface area contributed by atoms with Gasteiger partial charge < -0.3 is 0 Å². The Morgan fingerprint density at radius 2 is 2.00 bits per heavy atom. The quantitative estimate of drug-likeness (QED) is 0.582. The smallest absolute Gasteiger partial charge is 0.0134 e. The van der Waals surface area contributed by atoms with E-state index in [1.807, 2.05) is 0 Å². The van der Waals surface area contributed by atoms with Gasteiger partial charge in [-0.25, -0.2) is 0 Å². The number of hydrogen-bond acceptors (Lipinski definition) is 0. The van der Waals surface area contributed by atoms with Crippen molar-refractivity contribution in [2.75, 3.05) is 0 Å². The van der Waals surface area contributed by atoms with Gasteiger partial charge in [0, 0.05) is 5.41 Å². The van der Waals surface area contributed by atoms with E-state index in [1.54, 1.807) is 0 Å². The van der Waals surface area contributed by atoms with E-state index in [9.17, 15) is 0 Å². The molecule has 14 heavy (non-hydrogen) atoms. The fraction of sp³-hybridized carbons (Fsp3) is 0.429. The summed E-state index contributed by atoms with van der Waals surface area (Å²) in [6, 6.07) is 8.92. The topological polar surface area (TPSA) is 0 Å². The molecule has 2 rings (SSSR count). The SMILES string of the molecule is CC1=CCCC1(C)c1cccc(C)c1. The molecule has 0 heteroatoms. The number of rotatable bonds is 1. The normalized spacial score (nSPS) is 26.4. The molecule has 0 bridgehead atoms. The van der Waals surface area contributed by atoms with Crippen molar-refractivity contribution in [3.05, 3.63) is 47.0 Å². The first-order chi connectivity index (χ1) is 6.63. The van der Waals surface area contributed by atoms with Crippen molar-refractivity contribution >= 4 is 0 Å². The molecule has 0 aliphatic heterocycles. The molecule has 1 atom stereocenters. The maximum atomic E-state index is 2.38. The van der Waals surface area contributed by atoms with E-state index in [0.717, 1.165) is 0 Å². The minimum Gasteiger partial charge on any atom is -0.0847 e. The summed E-state index contributed by atoms with van der Waals surface area (Å²) >= 11 is 0. The zero-order valence-corrected chi connectivity index (χ0v) is 9.30. The molecule has 0 heterocycles. The molecule has 1 aliphatic rings. The number of hydrogen-bond donors (Lipinski definition) is 0. The molecule has 1 aliphatic carbocycles. The van der Waals surface area contributed by atoms with Crippen LogP contribution in [0.3, 0.4) is 0 Å². The molecule has 0 nitrogen and oxygen atoms in total. The van der Waals surface area contributed by atoms with E-state index in [1.165, 1.54) is 29.5 Å². The monoisotopic (exact) mass is 186 g/mol. The van der Waals surface area contributed by atoms with Crippen molar-refractivity contribution in [3.8, 4) is 0 Å². The number of allylic oxidation sites excluding steroid dienone is 2. The fourth-order valence-corrected chi connectivity index (χ4v) is 2.36. The Hall–Kier alpha value is -1.04. The molecule has 0 spiro atoms. The minimum atomic E-state index is 0.298. The summed E-state index contributed by atoms with van der Waals surface area (Å²) in [6.07, 6.45) is 4.88. The Morgan fingerprint density at radius 3 is 2.57 bits per heavy atom. The van der Waals surface area contributed by atoms with Crippen LogP contribution >= 0.6 is 0 Å².